The summed E-state index contributed by atoms with van der Waals surface area (Å²) in [7, 11) is 1.52. The van der Waals surface area contributed by atoms with Crippen LogP contribution in [0.4, 0.5) is 11.4 Å². The van der Waals surface area contributed by atoms with Crippen LogP contribution in [-0.4, -0.2) is 60.0 Å². The van der Waals surface area contributed by atoms with Crippen molar-refractivity contribution in [3.8, 4) is 0 Å². The maximum absolute atomic E-state index is 12.9. The monoisotopic (exact) mass is 458 g/mol. The first kappa shape index (κ1) is 22.0. The molecule has 9 nitrogen and oxygen atoms in total. The van der Waals surface area contributed by atoms with E-state index >= 15 is 0 Å². The molecule has 1 unspecified atom stereocenters. The highest BCUT2D eigenvalue weighted by Crippen LogP contribution is 2.27. The number of rotatable bonds is 4. The highest BCUT2D eigenvalue weighted by Gasteiger charge is 2.35. The van der Waals surface area contributed by atoms with Gasteiger partial charge in [-0.2, -0.15) is 0 Å². The van der Waals surface area contributed by atoms with Crippen LogP contribution in [0, 0.1) is 5.92 Å². The Morgan fingerprint density at radius 3 is 2.50 bits per heavy atom. The number of aromatic nitrogens is 1. The largest absolute Gasteiger partial charge is 0.378 e. The van der Waals surface area contributed by atoms with Gasteiger partial charge in [0.2, 0.25) is 11.8 Å². The highest BCUT2D eigenvalue weighted by molar-refractivity contribution is 6.30. The molecule has 2 fully saturated rings. The van der Waals surface area contributed by atoms with Crippen molar-refractivity contribution in [2.75, 3.05) is 43.1 Å². The van der Waals surface area contributed by atoms with Crippen molar-refractivity contribution in [1.29, 1.82) is 0 Å². The summed E-state index contributed by atoms with van der Waals surface area (Å²) in [5.41, 5.74) is 0.531. The van der Waals surface area contributed by atoms with Gasteiger partial charge in [0.1, 0.15) is 5.69 Å². The first-order chi connectivity index (χ1) is 15.3. The quantitative estimate of drug-likeness (QED) is 0.748. The van der Waals surface area contributed by atoms with Crippen LogP contribution in [0.15, 0.2) is 41.3 Å². The van der Waals surface area contributed by atoms with Crippen molar-refractivity contribution in [3.63, 3.8) is 0 Å². The fourth-order valence-electron chi connectivity index (χ4n) is 3.86. The topological polar surface area (TPSA) is 101 Å². The molecule has 0 bridgehead atoms. The minimum Gasteiger partial charge on any atom is -0.378 e. The normalized spacial score (nSPS) is 18.7. The number of morpholine rings is 1. The Morgan fingerprint density at radius 2 is 1.81 bits per heavy atom. The number of ether oxygens (including phenoxy) is 1. The zero-order valence-corrected chi connectivity index (χ0v) is 18.3. The van der Waals surface area contributed by atoms with E-state index in [1.807, 2.05) is 0 Å². The molecule has 2 aromatic rings. The number of nitrogens with one attached hydrogen (secondary N) is 1. The Bertz CT molecular complexity index is 1110. The van der Waals surface area contributed by atoms with E-state index in [0.29, 0.717) is 42.6 Å². The summed E-state index contributed by atoms with van der Waals surface area (Å²) in [5, 5.41) is 3.18. The zero-order valence-electron chi connectivity index (χ0n) is 17.5. The minimum absolute atomic E-state index is 0.00833. The molecule has 0 saturated carbocycles. The molecule has 1 atom stereocenters. The number of hydrogen-bond acceptors (Lipinski definition) is 5. The molecule has 3 amide bonds. The number of nitrogens with zero attached hydrogens (tertiary/aromatic N) is 3. The van der Waals surface area contributed by atoms with Crippen LogP contribution >= 0.6 is 11.6 Å². The van der Waals surface area contributed by atoms with Gasteiger partial charge >= 0.3 is 0 Å². The highest BCUT2D eigenvalue weighted by atomic mass is 35.5. The van der Waals surface area contributed by atoms with Crippen LogP contribution in [0.25, 0.3) is 0 Å². The van der Waals surface area contributed by atoms with Gasteiger partial charge in [-0.1, -0.05) is 11.6 Å². The smallest absolute Gasteiger partial charge is 0.274 e. The van der Waals surface area contributed by atoms with E-state index in [0.717, 1.165) is 0 Å². The molecule has 0 spiro atoms. The van der Waals surface area contributed by atoms with Crippen molar-refractivity contribution in [1.82, 2.24) is 9.47 Å². The molecule has 1 aromatic carbocycles. The van der Waals surface area contributed by atoms with E-state index in [9.17, 15) is 19.2 Å². The molecule has 2 saturated heterocycles. The van der Waals surface area contributed by atoms with Crippen molar-refractivity contribution in [2.45, 2.75) is 6.42 Å². The fourth-order valence-corrected chi connectivity index (χ4v) is 3.98. The molecule has 0 aliphatic carbocycles. The van der Waals surface area contributed by atoms with Gasteiger partial charge in [0, 0.05) is 50.0 Å². The van der Waals surface area contributed by atoms with Gasteiger partial charge in [0.25, 0.3) is 11.5 Å². The minimum atomic E-state index is -0.624. The Balaban J connectivity index is 1.50. The Kier molecular flexibility index (Phi) is 6.29. The summed E-state index contributed by atoms with van der Waals surface area (Å²) in [6, 6.07) is 8.19. The predicted octanol–water partition coefficient (Wildman–Crippen LogP) is 1.50. The van der Waals surface area contributed by atoms with E-state index in [1.165, 1.54) is 28.8 Å². The summed E-state index contributed by atoms with van der Waals surface area (Å²) in [4.78, 5) is 53.9. The second kappa shape index (κ2) is 9.13. The number of benzene rings is 1. The third-order valence-electron chi connectivity index (χ3n) is 5.62. The van der Waals surface area contributed by atoms with Crippen LogP contribution in [0.5, 0.6) is 0 Å². The summed E-state index contributed by atoms with van der Waals surface area (Å²) in [5.74, 6) is -1.48. The third-order valence-corrected chi connectivity index (χ3v) is 5.87. The summed E-state index contributed by atoms with van der Waals surface area (Å²) in [6.45, 7) is 2.04. The molecule has 4 rings (SSSR count). The lowest BCUT2D eigenvalue weighted by atomic mass is 10.1. The van der Waals surface area contributed by atoms with Gasteiger partial charge in [-0.25, -0.2) is 0 Å². The number of pyridine rings is 1. The van der Waals surface area contributed by atoms with Crippen LogP contribution in [-0.2, 0) is 21.4 Å². The first-order valence-corrected chi connectivity index (χ1v) is 10.7. The number of amides is 3. The molecule has 0 radical (unpaired) electrons. The average Bonchev–Trinajstić information content (AvgIpc) is 3.19. The molecule has 1 aromatic heterocycles. The Morgan fingerprint density at radius 1 is 1.12 bits per heavy atom. The fraction of sp³-hybridized carbons (Fsp3) is 0.364. The Hall–Kier alpha value is -3.17. The van der Waals surface area contributed by atoms with Crippen molar-refractivity contribution < 1.29 is 19.1 Å². The maximum atomic E-state index is 12.9. The SMILES string of the molecule is Cn1cc(C(=O)N2CCOCC2)cc(NC(=O)C2CC(=O)N(c3ccc(Cl)cc3)C2)c1=O. The number of carbonyl (C=O) groups is 3. The molecule has 1 N–H and O–H groups in total. The third kappa shape index (κ3) is 4.53. The second-order valence-corrected chi connectivity index (χ2v) is 8.27. The summed E-state index contributed by atoms with van der Waals surface area (Å²) in [6.07, 6.45) is 1.48. The molecule has 32 heavy (non-hydrogen) atoms. The number of hydrogen-bond donors (Lipinski definition) is 1. The van der Waals surface area contributed by atoms with Gasteiger partial charge in [-0.05, 0) is 30.3 Å². The lowest BCUT2D eigenvalue weighted by Gasteiger charge is -2.27. The standard InChI is InChI=1S/C22H23ClN4O5/c1-25-12-15(21(30)26-6-8-32-9-7-26)10-18(22(25)31)24-20(29)14-11-19(28)27(13-14)17-4-2-16(23)3-5-17/h2-5,10,12,14H,6-9,11,13H2,1H3,(H,24,29). The van der Waals surface area contributed by atoms with Crippen LogP contribution in [0.3, 0.4) is 0 Å². The van der Waals surface area contributed by atoms with Gasteiger partial charge < -0.3 is 24.4 Å². The molecule has 168 valence electrons. The molecule has 2 aliphatic rings. The van der Waals surface area contributed by atoms with Crippen LogP contribution in [0.2, 0.25) is 5.02 Å². The van der Waals surface area contributed by atoms with E-state index in [4.69, 9.17) is 16.3 Å². The van der Waals surface area contributed by atoms with E-state index < -0.39 is 17.4 Å². The summed E-state index contributed by atoms with van der Waals surface area (Å²) >= 11 is 5.90. The predicted molar refractivity (Wildman–Crippen MR) is 119 cm³/mol. The number of aryl methyl sites for hydroxylation is 1. The van der Waals surface area contributed by atoms with Gasteiger partial charge in [-0.15, -0.1) is 0 Å². The molecule has 2 aliphatic heterocycles. The molecular formula is C22H23ClN4O5. The van der Waals surface area contributed by atoms with E-state index in [-0.39, 0.29) is 30.5 Å². The maximum Gasteiger partial charge on any atom is 0.274 e. The van der Waals surface area contributed by atoms with Crippen LogP contribution < -0.4 is 15.8 Å². The number of anilines is 2. The molecular weight excluding hydrogens is 436 g/mol. The molecule has 10 heteroatoms. The van der Waals surface area contributed by atoms with Crippen molar-refractivity contribution >= 4 is 40.7 Å². The van der Waals surface area contributed by atoms with Crippen molar-refractivity contribution in [2.24, 2.45) is 13.0 Å². The lowest BCUT2D eigenvalue weighted by molar-refractivity contribution is -0.122. The second-order valence-electron chi connectivity index (χ2n) is 7.83. The first-order valence-electron chi connectivity index (χ1n) is 10.3. The Labute approximate surface area is 189 Å². The van der Waals surface area contributed by atoms with Gasteiger partial charge in [0.15, 0.2) is 0 Å². The van der Waals surface area contributed by atoms with Gasteiger partial charge in [0.05, 0.1) is 24.7 Å². The molecule has 3 heterocycles. The number of carbonyl (C=O) groups excluding carboxylic acids is 3. The number of halogens is 1. The van der Waals surface area contributed by atoms with Crippen LogP contribution in [0.1, 0.15) is 16.8 Å². The van der Waals surface area contributed by atoms with E-state index in [1.54, 1.807) is 29.2 Å². The average molecular weight is 459 g/mol. The van der Waals surface area contributed by atoms with Gasteiger partial charge in [-0.3, -0.25) is 19.2 Å². The lowest BCUT2D eigenvalue weighted by Crippen LogP contribution is -2.41. The van der Waals surface area contributed by atoms with Crippen molar-refractivity contribution in [3.05, 3.63) is 57.5 Å². The summed E-state index contributed by atoms with van der Waals surface area (Å²) < 4.78 is 6.54. The zero-order chi connectivity index (χ0) is 22.8. The van der Waals surface area contributed by atoms with E-state index in [2.05, 4.69) is 5.32 Å².